The van der Waals surface area contributed by atoms with Crippen LogP contribution in [0.3, 0.4) is 0 Å². The highest BCUT2D eigenvalue weighted by Gasteiger charge is 2.23. The van der Waals surface area contributed by atoms with Gasteiger partial charge in [-0.1, -0.05) is 5.92 Å². The number of carbonyl (C=O) groups is 1. The zero-order valence-electron chi connectivity index (χ0n) is 9.13. The van der Waals surface area contributed by atoms with Crippen molar-refractivity contribution < 1.29 is 9.53 Å². The van der Waals surface area contributed by atoms with Gasteiger partial charge < -0.3 is 4.74 Å². The van der Waals surface area contributed by atoms with Crippen molar-refractivity contribution in [3.05, 3.63) is 19.2 Å². The highest BCUT2D eigenvalue weighted by molar-refractivity contribution is 9.13. The summed E-state index contributed by atoms with van der Waals surface area (Å²) in [5.74, 6) is 2.13. The van der Waals surface area contributed by atoms with Crippen LogP contribution in [0.2, 0.25) is 0 Å². The number of esters is 1. The molecule has 0 saturated carbocycles. The van der Waals surface area contributed by atoms with E-state index < -0.39 is 6.04 Å². The first-order chi connectivity index (χ1) is 8.10. The van der Waals surface area contributed by atoms with Gasteiger partial charge in [0.25, 0.3) is 0 Å². The van der Waals surface area contributed by atoms with Crippen molar-refractivity contribution in [2.75, 3.05) is 13.2 Å². The molecule has 0 aliphatic rings. The Morgan fingerprint density at radius 1 is 1.71 bits per heavy atom. The summed E-state index contributed by atoms with van der Waals surface area (Å²) in [6, 6.07) is 1.36. The highest BCUT2D eigenvalue weighted by atomic mass is 79.9. The Labute approximate surface area is 121 Å². The van der Waals surface area contributed by atoms with E-state index in [4.69, 9.17) is 11.2 Å². The first-order valence-electron chi connectivity index (χ1n) is 4.88. The molecule has 0 aliphatic carbocycles. The van der Waals surface area contributed by atoms with Crippen molar-refractivity contribution in [3.63, 3.8) is 0 Å². The third-order valence-corrected chi connectivity index (χ3v) is 5.20. The quantitative estimate of drug-likeness (QED) is 0.630. The van der Waals surface area contributed by atoms with Gasteiger partial charge >= 0.3 is 5.97 Å². The summed E-state index contributed by atoms with van der Waals surface area (Å²) in [6.07, 6.45) is 5.18. The molecule has 3 nitrogen and oxygen atoms in total. The monoisotopic (exact) mass is 379 g/mol. The molecule has 1 N–H and O–H groups in total. The van der Waals surface area contributed by atoms with Gasteiger partial charge in [-0.25, -0.2) is 4.79 Å². The standard InChI is InChI=1S/C11H11Br2NO2S/c1-3-5-14-9(11(15)16-4-2)8-6-7(12)10(13)17-8/h1,6,9,14H,4-5H2,2H3. The maximum atomic E-state index is 11.8. The molecule has 0 radical (unpaired) electrons. The lowest BCUT2D eigenvalue weighted by atomic mass is 10.2. The molecule has 0 aliphatic heterocycles. The summed E-state index contributed by atoms with van der Waals surface area (Å²) in [4.78, 5) is 12.7. The number of hydrogen-bond acceptors (Lipinski definition) is 4. The largest absolute Gasteiger partial charge is 0.465 e. The van der Waals surface area contributed by atoms with Gasteiger partial charge in [0.1, 0.15) is 6.04 Å². The number of carbonyl (C=O) groups excluding carboxylic acids is 1. The Morgan fingerprint density at radius 3 is 2.88 bits per heavy atom. The minimum absolute atomic E-state index is 0.316. The molecule has 1 atom stereocenters. The van der Waals surface area contributed by atoms with Gasteiger partial charge in [-0.2, -0.15) is 0 Å². The molecule has 92 valence electrons. The van der Waals surface area contributed by atoms with Crippen molar-refractivity contribution in [3.8, 4) is 12.3 Å². The SMILES string of the molecule is C#CCNC(C(=O)OCC)c1cc(Br)c(Br)s1. The molecule has 6 heteroatoms. The number of nitrogens with one attached hydrogen (secondary N) is 1. The second-order valence-corrected chi connectivity index (χ2v) is 6.30. The lowest BCUT2D eigenvalue weighted by Crippen LogP contribution is -2.29. The summed E-state index contributed by atoms with van der Waals surface area (Å²) < 4.78 is 6.86. The van der Waals surface area contributed by atoms with Gasteiger partial charge in [0, 0.05) is 9.35 Å². The topological polar surface area (TPSA) is 38.3 Å². The van der Waals surface area contributed by atoms with Crippen LogP contribution in [0.25, 0.3) is 0 Å². The number of thiophene rings is 1. The summed E-state index contributed by atoms with van der Waals surface area (Å²) in [6.45, 7) is 2.44. The van der Waals surface area contributed by atoms with Crippen LogP contribution >= 0.6 is 43.2 Å². The van der Waals surface area contributed by atoms with E-state index in [0.717, 1.165) is 13.1 Å². The average Bonchev–Trinajstić information content (AvgIpc) is 2.60. The Kier molecular flexibility index (Phi) is 6.20. The fraction of sp³-hybridized carbons (Fsp3) is 0.364. The number of rotatable bonds is 5. The van der Waals surface area contributed by atoms with E-state index in [1.165, 1.54) is 11.3 Å². The summed E-state index contributed by atoms with van der Waals surface area (Å²) in [5.41, 5.74) is 0. The molecule has 1 heterocycles. The van der Waals surface area contributed by atoms with Crippen LogP contribution in [0.1, 0.15) is 17.8 Å². The van der Waals surface area contributed by atoms with Crippen molar-refractivity contribution in [2.45, 2.75) is 13.0 Å². The Morgan fingerprint density at radius 2 is 2.41 bits per heavy atom. The fourth-order valence-corrected chi connectivity index (χ4v) is 3.35. The van der Waals surface area contributed by atoms with Crippen molar-refractivity contribution in [2.24, 2.45) is 0 Å². The maximum absolute atomic E-state index is 11.8. The van der Waals surface area contributed by atoms with E-state index in [1.807, 2.05) is 6.07 Å². The van der Waals surface area contributed by atoms with Crippen LogP contribution in [-0.4, -0.2) is 19.1 Å². The average molecular weight is 381 g/mol. The van der Waals surface area contributed by atoms with Crippen molar-refractivity contribution >= 4 is 49.2 Å². The second kappa shape index (κ2) is 7.17. The fourth-order valence-electron chi connectivity index (χ4n) is 1.19. The molecule has 0 saturated heterocycles. The normalized spacial score (nSPS) is 11.9. The van der Waals surface area contributed by atoms with Crippen LogP contribution in [0, 0.1) is 12.3 Å². The van der Waals surface area contributed by atoms with Gasteiger partial charge in [0.2, 0.25) is 0 Å². The van der Waals surface area contributed by atoms with E-state index in [2.05, 4.69) is 43.1 Å². The Hall–Kier alpha value is -0.350. The van der Waals surface area contributed by atoms with Gasteiger partial charge in [-0.05, 0) is 44.8 Å². The van der Waals surface area contributed by atoms with Crippen molar-refractivity contribution in [1.82, 2.24) is 5.32 Å². The maximum Gasteiger partial charge on any atom is 0.328 e. The van der Waals surface area contributed by atoms with Gasteiger partial charge in [-0.15, -0.1) is 17.8 Å². The van der Waals surface area contributed by atoms with Crippen LogP contribution in [0.4, 0.5) is 0 Å². The minimum Gasteiger partial charge on any atom is -0.465 e. The van der Waals surface area contributed by atoms with Gasteiger partial charge in [-0.3, -0.25) is 5.32 Å². The molecule has 0 bridgehead atoms. The first kappa shape index (κ1) is 14.7. The summed E-state index contributed by atoms with van der Waals surface area (Å²) in [7, 11) is 0. The molecular formula is C11H11Br2NO2S. The molecule has 0 aromatic carbocycles. The zero-order valence-corrected chi connectivity index (χ0v) is 13.1. The van der Waals surface area contributed by atoms with E-state index in [1.54, 1.807) is 6.92 Å². The smallest absolute Gasteiger partial charge is 0.328 e. The van der Waals surface area contributed by atoms with Crippen LogP contribution in [-0.2, 0) is 9.53 Å². The Bertz CT molecular complexity index is 420. The lowest BCUT2D eigenvalue weighted by Gasteiger charge is -2.14. The number of hydrogen-bond donors (Lipinski definition) is 1. The van der Waals surface area contributed by atoms with Crippen LogP contribution < -0.4 is 5.32 Å². The molecular weight excluding hydrogens is 370 g/mol. The zero-order chi connectivity index (χ0) is 12.8. The van der Waals surface area contributed by atoms with E-state index >= 15 is 0 Å². The minimum atomic E-state index is -0.515. The summed E-state index contributed by atoms with van der Waals surface area (Å²) in [5, 5.41) is 2.97. The number of ether oxygens (including phenoxy) is 1. The molecule has 0 fully saturated rings. The Balaban J connectivity index is 2.89. The number of halogens is 2. The van der Waals surface area contributed by atoms with Crippen LogP contribution in [0.15, 0.2) is 14.3 Å². The molecule has 17 heavy (non-hydrogen) atoms. The summed E-state index contributed by atoms with van der Waals surface area (Å²) >= 11 is 8.24. The third kappa shape index (κ3) is 4.11. The van der Waals surface area contributed by atoms with E-state index in [0.29, 0.717) is 13.2 Å². The molecule has 1 aromatic rings. The molecule has 1 unspecified atom stereocenters. The highest BCUT2D eigenvalue weighted by Crippen LogP contribution is 2.35. The molecule has 0 spiro atoms. The van der Waals surface area contributed by atoms with Crippen LogP contribution in [0.5, 0.6) is 0 Å². The second-order valence-electron chi connectivity index (χ2n) is 3.04. The predicted octanol–water partition coefficient (Wildman–Crippen LogP) is 3.10. The molecule has 0 amide bonds. The van der Waals surface area contributed by atoms with E-state index in [9.17, 15) is 4.79 Å². The lowest BCUT2D eigenvalue weighted by molar-refractivity contribution is -0.145. The van der Waals surface area contributed by atoms with E-state index in [-0.39, 0.29) is 5.97 Å². The third-order valence-electron chi connectivity index (χ3n) is 1.88. The van der Waals surface area contributed by atoms with Gasteiger partial charge in [0.05, 0.1) is 16.9 Å². The predicted molar refractivity (Wildman–Crippen MR) is 75.9 cm³/mol. The molecule has 1 rings (SSSR count). The number of terminal acetylenes is 1. The van der Waals surface area contributed by atoms with Crippen molar-refractivity contribution in [1.29, 1.82) is 0 Å². The first-order valence-corrected chi connectivity index (χ1v) is 7.28. The molecule has 1 aromatic heterocycles. The van der Waals surface area contributed by atoms with Gasteiger partial charge in [0.15, 0.2) is 0 Å².